The zero-order valence-electron chi connectivity index (χ0n) is 17.8. The van der Waals surface area contributed by atoms with Gasteiger partial charge in [-0.3, -0.25) is 9.59 Å². The van der Waals surface area contributed by atoms with Gasteiger partial charge in [0.1, 0.15) is 5.82 Å². The molecule has 5 nitrogen and oxygen atoms in total. The molecule has 2 heterocycles. The Labute approximate surface area is 187 Å². The van der Waals surface area contributed by atoms with E-state index in [-0.39, 0.29) is 30.4 Å². The van der Waals surface area contributed by atoms with Crippen LogP contribution in [0.25, 0.3) is 10.9 Å². The average Bonchev–Trinajstić information content (AvgIpc) is 3.06. The Balaban J connectivity index is 1.55. The number of aromatic nitrogens is 1. The zero-order chi connectivity index (χ0) is 23.9. The predicted molar refractivity (Wildman–Crippen MR) is 113 cm³/mol. The van der Waals surface area contributed by atoms with Crippen LogP contribution in [0.3, 0.4) is 0 Å². The van der Waals surface area contributed by atoms with Crippen molar-refractivity contribution in [2.75, 3.05) is 7.05 Å². The van der Waals surface area contributed by atoms with E-state index in [0.29, 0.717) is 25.5 Å². The topological polar surface area (TPSA) is 62.5 Å². The fourth-order valence-corrected chi connectivity index (χ4v) is 4.59. The van der Waals surface area contributed by atoms with E-state index < -0.39 is 23.5 Å². The number of alkyl halides is 3. The summed E-state index contributed by atoms with van der Waals surface area (Å²) in [4.78, 5) is 25.7. The van der Waals surface area contributed by atoms with Gasteiger partial charge in [0.15, 0.2) is 0 Å². The lowest BCUT2D eigenvalue weighted by Gasteiger charge is -2.33. The number of carbonyl (C=O) groups is 2. The van der Waals surface area contributed by atoms with Crippen LogP contribution in [0.1, 0.15) is 28.8 Å². The van der Waals surface area contributed by atoms with Gasteiger partial charge >= 0.3 is 12.1 Å². The minimum Gasteiger partial charge on any atom is -0.481 e. The third-order valence-corrected chi connectivity index (χ3v) is 6.26. The van der Waals surface area contributed by atoms with Crippen molar-refractivity contribution in [1.82, 2.24) is 9.47 Å². The third kappa shape index (κ3) is 4.44. The van der Waals surface area contributed by atoms with Gasteiger partial charge in [0, 0.05) is 36.2 Å². The van der Waals surface area contributed by atoms with E-state index in [4.69, 9.17) is 0 Å². The molecule has 1 aliphatic rings. The van der Waals surface area contributed by atoms with Gasteiger partial charge in [-0.2, -0.15) is 13.2 Å². The van der Waals surface area contributed by atoms with Crippen molar-refractivity contribution < 1.29 is 32.3 Å². The van der Waals surface area contributed by atoms with Crippen LogP contribution in [-0.4, -0.2) is 39.5 Å². The average molecular weight is 462 g/mol. The standard InChI is InChI=1S/C24H22F4N2O3/c1-29(22(31)11-14-6-8-19(25)18(10-14)24(26,27)28)15-7-9-21-17(12-23(32)33)16-4-2-3-5-20(16)30(21)13-15/h2-6,8,10,15H,7,9,11-13H2,1H3,(H,32,33). The molecule has 2 aromatic carbocycles. The molecule has 0 radical (unpaired) electrons. The van der Waals surface area contributed by atoms with Crippen molar-refractivity contribution in [3.05, 3.63) is 70.7 Å². The highest BCUT2D eigenvalue weighted by Gasteiger charge is 2.35. The predicted octanol–water partition coefficient (Wildman–Crippen LogP) is 4.44. The number of fused-ring (bicyclic) bond motifs is 3. The van der Waals surface area contributed by atoms with Crippen LogP contribution in [-0.2, 0) is 41.6 Å². The maximum Gasteiger partial charge on any atom is 0.419 e. The summed E-state index contributed by atoms with van der Waals surface area (Å²) in [5.41, 5.74) is 1.30. The number of nitrogens with zero attached hydrogens (tertiary/aromatic N) is 2. The highest BCUT2D eigenvalue weighted by molar-refractivity contribution is 5.89. The molecule has 0 fully saturated rings. The molecular formula is C24H22F4N2O3. The summed E-state index contributed by atoms with van der Waals surface area (Å²) in [6, 6.07) is 9.90. The number of carboxylic acids is 1. The Hall–Kier alpha value is -3.36. The number of hydrogen-bond acceptors (Lipinski definition) is 2. The minimum absolute atomic E-state index is 0.0889. The number of amides is 1. The first kappa shape index (κ1) is 22.8. The molecule has 0 bridgehead atoms. The van der Waals surface area contributed by atoms with Gasteiger partial charge < -0.3 is 14.6 Å². The second kappa shape index (κ2) is 8.53. The van der Waals surface area contributed by atoms with Gasteiger partial charge in [-0.05, 0) is 42.2 Å². The molecule has 3 aromatic rings. The molecule has 1 aliphatic heterocycles. The third-order valence-electron chi connectivity index (χ3n) is 6.26. The quantitative estimate of drug-likeness (QED) is 0.571. The minimum atomic E-state index is -4.84. The Morgan fingerprint density at radius 3 is 2.58 bits per heavy atom. The van der Waals surface area contributed by atoms with E-state index in [1.807, 2.05) is 28.8 Å². The molecule has 1 N–H and O–H groups in total. The van der Waals surface area contributed by atoms with Crippen molar-refractivity contribution >= 4 is 22.8 Å². The van der Waals surface area contributed by atoms with Crippen LogP contribution in [0.2, 0.25) is 0 Å². The Morgan fingerprint density at radius 1 is 1.15 bits per heavy atom. The largest absolute Gasteiger partial charge is 0.481 e. The van der Waals surface area contributed by atoms with Crippen LogP contribution in [0.4, 0.5) is 17.6 Å². The molecule has 1 amide bonds. The summed E-state index contributed by atoms with van der Waals surface area (Å²) in [6.45, 7) is 0.453. The number of hydrogen-bond donors (Lipinski definition) is 1. The van der Waals surface area contributed by atoms with E-state index >= 15 is 0 Å². The number of likely N-dealkylation sites (N-methyl/N-ethyl adjacent to an activating group) is 1. The molecule has 0 aliphatic carbocycles. The summed E-state index contributed by atoms with van der Waals surface area (Å²) in [5, 5.41) is 10.2. The highest BCUT2D eigenvalue weighted by Crippen LogP contribution is 2.34. The number of para-hydroxylation sites is 1. The second-order valence-corrected chi connectivity index (χ2v) is 8.31. The number of halogens is 4. The Bertz CT molecular complexity index is 1230. The monoisotopic (exact) mass is 462 g/mol. The van der Waals surface area contributed by atoms with Gasteiger partial charge in [-0.15, -0.1) is 0 Å². The van der Waals surface area contributed by atoms with Crippen LogP contribution in [0.15, 0.2) is 42.5 Å². The number of aliphatic carboxylic acids is 1. The van der Waals surface area contributed by atoms with Crippen LogP contribution < -0.4 is 0 Å². The highest BCUT2D eigenvalue weighted by atomic mass is 19.4. The van der Waals surface area contributed by atoms with Crippen molar-refractivity contribution in [2.24, 2.45) is 0 Å². The van der Waals surface area contributed by atoms with Crippen molar-refractivity contribution in [2.45, 2.75) is 44.4 Å². The molecule has 33 heavy (non-hydrogen) atoms. The second-order valence-electron chi connectivity index (χ2n) is 8.31. The van der Waals surface area contributed by atoms with Gasteiger partial charge in [-0.1, -0.05) is 24.3 Å². The first-order valence-corrected chi connectivity index (χ1v) is 10.5. The molecule has 4 rings (SSSR count). The lowest BCUT2D eigenvalue weighted by atomic mass is 9.99. The van der Waals surface area contributed by atoms with Crippen LogP contribution in [0, 0.1) is 5.82 Å². The van der Waals surface area contributed by atoms with Gasteiger partial charge in [0.05, 0.1) is 18.4 Å². The molecule has 1 unspecified atom stereocenters. The summed E-state index contributed by atoms with van der Waals surface area (Å²) in [5.74, 6) is -2.66. The fraction of sp³-hybridized carbons (Fsp3) is 0.333. The molecule has 1 atom stereocenters. The first-order chi connectivity index (χ1) is 15.6. The lowest BCUT2D eigenvalue weighted by Crippen LogP contribution is -2.43. The number of benzene rings is 2. The van der Waals surface area contributed by atoms with Gasteiger partial charge in [0.25, 0.3) is 0 Å². The summed E-state index contributed by atoms with van der Waals surface area (Å²) >= 11 is 0. The zero-order valence-corrected chi connectivity index (χ0v) is 17.8. The SMILES string of the molecule is CN(C(=O)Cc1ccc(F)c(C(F)(F)F)c1)C1CCc2c(CC(=O)O)c3ccccc3n2C1. The van der Waals surface area contributed by atoms with E-state index in [9.17, 15) is 32.3 Å². The summed E-state index contributed by atoms with van der Waals surface area (Å²) in [6.07, 6.45) is -4.02. The van der Waals surface area contributed by atoms with E-state index in [1.54, 1.807) is 7.05 Å². The maximum absolute atomic E-state index is 13.5. The molecule has 0 spiro atoms. The van der Waals surface area contributed by atoms with E-state index in [0.717, 1.165) is 28.2 Å². The summed E-state index contributed by atoms with van der Waals surface area (Å²) in [7, 11) is 1.61. The fourth-order valence-electron chi connectivity index (χ4n) is 4.59. The normalized spacial score (nSPS) is 16.0. The first-order valence-electron chi connectivity index (χ1n) is 10.5. The molecule has 174 valence electrons. The van der Waals surface area contributed by atoms with Crippen LogP contribution in [0.5, 0.6) is 0 Å². The maximum atomic E-state index is 13.5. The Kier molecular flexibility index (Phi) is 5.90. The molecule has 1 aromatic heterocycles. The molecule has 0 saturated carbocycles. The van der Waals surface area contributed by atoms with E-state index in [1.165, 1.54) is 11.0 Å². The van der Waals surface area contributed by atoms with Crippen LogP contribution >= 0.6 is 0 Å². The molecule has 0 saturated heterocycles. The van der Waals surface area contributed by atoms with E-state index in [2.05, 4.69) is 0 Å². The molecular weight excluding hydrogens is 440 g/mol. The van der Waals surface area contributed by atoms with Gasteiger partial charge in [-0.25, -0.2) is 4.39 Å². The van der Waals surface area contributed by atoms with Gasteiger partial charge in [0.2, 0.25) is 5.91 Å². The molecule has 9 heteroatoms. The number of carboxylic acid groups (broad SMARTS) is 1. The number of carbonyl (C=O) groups excluding carboxylic acids is 1. The Morgan fingerprint density at radius 2 is 1.88 bits per heavy atom. The van der Waals surface area contributed by atoms with Crippen molar-refractivity contribution in [3.8, 4) is 0 Å². The van der Waals surface area contributed by atoms with Crippen molar-refractivity contribution in [1.29, 1.82) is 0 Å². The smallest absolute Gasteiger partial charge is 0.419 e. The summed E-state index contributed by atoms with van der Waals surface area (Å²) < 4.78 is 54.6. The number of rotatable bonds is 5. The van der Waals surface area contributed by atoms with Crippen molar-refractivity contribution in [3.63, 3.8) is 0 Å². The lowest BCUT2D eigenvalue weighted by molar-refractivity contribution is -0.140.